The quantitative estimate of drug-likeness (QED) is 0.676. The number of piperidine rings is 1. The van der Waals surface area contributed by atoms with E-state index in [1.807, 2.05) is 11.8 Å². The fourth-order valence-electron chi connectivity index (χ4n) is 4.53. The Balaban J connectivity index is 1.84. The van der Waals surface area contributed by atoms with Crippen molar-refractivity contribution in [1.82, 2.24) is 9.62 Å². The van der Waals surface area contributed by atoms with Crippen LogP contribution >= 0.6 is 0 Å². The van der Waals surface area contributed by atoms with Crippen molar-refractivity contribution in [2.24, 2.45) is 0 Å². The largest absolute Gasteiger partial charge is 0.338 e. The molecule has 1 fully saturated rings. The molecule has 0 spiro atoms. The topological polar surface area (TPSA) is 66.5 Å². The Morgan fingerprint density at radius 2 is 1.87 bits per heavy atom. The smallest absolute Gasteiger partial charge is 0.222 e. The molecule has 5 nitrogen and oxygen atoms in total. The number of carbonyl (C=O) groups excluding carboxylic acids is 1. The molecule has 3 rings (SSSR count). The Labute approximate surface area is 186 Å². The summed E-state index contributed by atoms with van der Waals surface area (Å²) in [5.74, 6) is 0.114. The third kappa shape index (κ3) is 6.65. The van der Waals surface area contributed by atoms with Gasteiger partial charge in [-0.15, -0.1) is 0 Å². The van der Waals surface area contributed by atoms with Crippen LogP contribution in [-0.4, -0.2) is 44.1 Å². The number of sulfonamides is 1. The minimum absolute atomic E-state index is 0.114. The number of carbonyl (C=O) groups is 1. The van der Waals surface area contributed by atoms with E-state index in [1.165, 1.54) is 22.9 Å². The highest BCUT2D eigenvalue weighted by Gasteiger charge is 2.35. The highest BCUT2D eigenvalue weighted by atomic mass is 32.2. The Kier molecular flexibility index (Phi) is 7.89. The second-order valence-corrected chi connectivity index (χ2v) is 10.5. The molecule has 1 aliphatic rings. The Morgan fingerprint density at radius 1 is 1.13 bits per heavy atom. The molecule has 1 N–H and O–H groups in total. The van der Waals surface area contributed by atoms with Gasteiger partial charge >= 0.3 is 0 Å². The molecule has 31 heavy (non-hydrogen) atoms. The summed E-state index contributed by atoms with van der Waals surface area (Å²) in [6.07, 6.45) is 5.54. The molecule has 0 aromatic heterocycles. The highest BCUT2D eigenvalue weighted by molar-refractivity contribution is 7.88. The van der Waals surface area contributed by atoms with Crippen molar-refractivity contribution in [3.63, 3.8) is 0 Å². The van der Waals surface area contributed by atoms with E-state index in [1.54, 1.807) is 0 Å². The molecule has 0 aliphatic carbocycles. The second kappa shape index (κ2) is 10.4. The lowest BCUT2D eigenvalue weighted by Crippen LogP contribution is -2.57. The minimum atomic E-state index is -3.35. The summed E-state index contributed by atoms with van der Waals surface area (Å²) in [5, 5.41) is 0. The predicted octanol–water partition coefficient (Wildman–Crippen LogP) is 3.84. The summed E-state index contributed by atoms with van der Waals surface area (Å²) in [6, 6.07) is 16.4. The molecule has 0 saturated carbocycles. The summed E-state index contributed by atoms with van der Waals surface area (Å²) in [5.41, 5.74) is 4.93. The van der Waals surface area contributed by atoms with Gasteiger partial charge in [-0.1, -0.05) is 55.5 Å². The van der Waals surface area contributed by atoms with E-state index in [-0.39, 0.29) is 18.0 Å². The van der Waals surface area contributed by atoms with Crippen molar-refractivity contribution in [2.45, 2.75) is 64.5 Å². The molecule has 2 atom stereocenters. The first-order chi connectivity index (χ1) is 14.8. The van der Waals surface area contributed by atoms with E-state index in [9.17, 15) is 13.2 Å². The van der Waals surface area contributed by atoms with Crippen LogP contribution in [0.1, 0.15) is 54.9 Å². The molecule has 1 aliphatic heterocycles. The molecule has 0 radical (unpaired) electrons. The van der Waals surface area contributed by atoms with E-state index >= 15 is 0 Å². The van der Waals surface area contributed by atoms with Crippen molar-refractivity contribution in [2.75, 3.05) is 12.8 Å². The molecule has 168 valence electrons. The average Bonchev–Trinajstić information content (AvgIpc) is 2.70. The molecule has 0 bridgehead atoms. The molecular weight excluding hydrogens is 408 g/mol. The van der Waals surface area contributed by atoms with Gasteiger partial charge < -0.3 is 4.90 Å². The van der Waals surface area contributed by atoms with Crippen LogP contribution in [0.25, 0.3) is 0 Å². The number of aryl methyl sites for hydroxylation is 1. The average molecular weight is 443 g/mol. The zero-order valence-electron chi connectivity index (χ0n) is 18.8. The molecular formula is C25H34N2O3S. The Morgan fingerprint density at radius 3 is 2.58 bits per heavy atom. The van der Waals surface area contributed by atoms with Crippen LogP contribution in [0.2, 0.25) is 0 Å². The van der Waals surface area contributed by atoms with Crippen LogP contribution in [-0.2, 0) is 27.7 Å². The van der Waals surface area contributed by atoms with E-state index in [0.717, 1.165) is 31.2 Å². The number of nitrogens with zero attached hydrogens (tertiary/aromatic N) is 1. The standard InChI is InChI=1S/C25H34N2O3S/c1-4-9-25(28)27-15-8-14-23(26-31(3,29)30)24(27)18-21-12-7-11-20(16-21)17-22-13-6-5-10-19(22)2/h5-7,10-13,16,23-24,26H,4,8-9,14-15,17-18H2,1-3H3. The zero-order valence-corrected chi connectivity index (χ0v) is 19.6. The van der Waals surface area contributed by atoms with Gasteiger partial charge in [0.15, 0.2) is 0 Å². The van der Waals surface area contributed by atoms with Gasteiger partial charge in [0, 0.05) is 19.0 Å². The zero-order chi connectivity index (χ0) is 22.4. The molecule has 6 heteroatoms. The van der Waals surface area contributed by atoms with Gasteiger partial charge in [0.05, 0.1) is 12.3 Å². The maximum atomic E-state index is 12.8. The fourth-order valence-corrected chi connectivity index (χ4v) is 5.35. The summed E-state index contributed by atoms with van der Waals surface area (Å²) in [6.45, 7) is 4.81. The number of nitrogens with one attached hydrogen (secondary N) is 1. The van der Waals surface area contributed by atoms with Gasteiger partial charge in [0.1, 0.15) is 0 Å². The van der Waals surface area contributed by atoms with Gasteiger partial charge in [0.25, 0.3) is 0 Å². The van der Waals surface area contributed by atoms with Gasteiger partial charge in [0.2, 0.25) is 15.9 Å². The van der Waals surface area contributed by atoms with Crippen molar-refractivity contribution in [3.05, 3.63) is 70.8 Å². The number of hydrogen-bond acceptors (Lipinski definition) is 3. The molecule has 2 aromatic rings. The third-order valence-electron chi connectivity index (χ3n) is 6.02. The minimum Gasteiger partial charge on any atom is -0.338 e. The van der Waals surface area contributed by atoms with E-state index in [4.69, 9.17) is 0 Å². The summed E-state index contributed by atoms with van der Waals surface area (Å²) in [7, 11) is -3.35. The van der Waals surface area contributed by atoms with E-state index in [2.05, 4.69) is 60.2 Å². The van der Waals surface area contributed by atoms with Crippen LogP contribution in [0.3, 0.4) is 0 Å². The highest BCUT2D eigenvalue weighted by Crippen LogP contribution is 2.24. The van der Waals surface area contributed by atoms with Crippen LogP contribution in [0.5, 0.6) is 0 Å². The van der Waals surface area contributed by atoms with Gasteiger partial charge in [-0.05, 0) is 61.3 Å². The molecule has 1 heterocycles. The monoisotopic (exact) mass is 442 g/mol. The van der Waals surface area contributed by atoms with Crippen LogP contribution in [0.15, 0.2) is 48.5 Å². The molecule has 2 unspecified atom stereocenters. The van der Waals surface area contributed by atoms with Crippen LogP contribution < -0.4 is 4.72 Å². The lowest BCUT2D eigenvalue weighted by Gasteiger charge is -2.41. The number of rotatable bonds is 8. The Hall–Kier alpha value is -2.18. The summed E-state index contributed by atoms with van der Waals surface area (Å²) < 4.78 is 26.7. The second-order valence-electron chi connectivity index (χ2n) is 8.67. The maximum absolute atomic E-state index is 12.8. The molecule has 1 amide bonds. The first-order valence-corrected chi connectivity index (χ1v) is 13.0. The van der Waals surface area contributed by atoms with Gasteiger partial charge in [-0.3, -0.25) is 4.79 Å². The maximum Gasteiger partial charge on any atom is 0.222 e. The van der Waals surface area contributed by atoms with Crippen LogP contribution in [0, 0.1) is 6.92 Å². The first kappa shape index (κ1) is 23.5. The lowest BCUT2D eigenvalue weighted by molar-refractivity contribution is -0.135. The Bertz CT molecular complexity index is 1000. The summed E-state index contributed by atoms with van der Waals surface area (Å²) >= 11 is 0. The third-order valence-corrected chi connectivity index (χ3v) is 6.75. The molecule has 2 aromatic carbocycles. The van der Waals surface area contributed by atoms with Crippen LogP contribution in [0.4, 0.5) is 0 Å². The van der Waals surface area contributed by atoms with E-state index in [0.29, 0.717) is 19.4 Å². The predicted molar refractivity (Wildman–Crippen MR) is 126 cm³/mol. The van der Waals surface area contributed by atoms with Crippen molar-refractivity contribution in [1.29, 1.82) is 0 Å². The van der Waals surface area contributed by atoms with Gasteiger partial charge in [-0.25, -0.2) is 13.1 Å². The van der Waals surface area contributed by atoms with Gasteiger partial charge in [-0.2, -0.15) is 0 Å². The van der Waals surface area contributed by atoms with E-state index < -0.39 is 10.0 Å². The summed E-state index contributed by atoms with van der Waals surface area (Å²) in [4.78, 5) is 14.7. The first-order valence-electron chi connectivity index (χ1n) is 11.2. The number of amides is 1. The van der Waals surface area contributed by atoms with Crippen molar-refractivity contribution in [3.8, 4) is 0 Å². The SMILES string of the molecule is CCCC(=O)N1CCCC(NS(C)(=O)=O)C1Cc1cccc(Cc2ccccc2C)c1. The van der Waals surface area contributed by atoms with Crippen molar-refractivity contribution >= 4 is 15.9 Å². The normalized spacial score (nSPS) is 19.4. The molecule has 1 saturated heterocycles. The fraction of sp³-hybridized carbons (Fsp3) is 0.480. The number of hydrogen-bond donors (Lipinski definition) is 1. The number of benzene rings is 2. The lowest BCUT2D eigenvalue weighted by atomic mass is 9.90. The van der Waals surface area contributed by atoms with Crippen molar-refractivity contribution < 1.29 is 13.2 Å². The number of likely N-dealkylation sites (tertiary alicyclic amines) is 1.